The van der Waals surface area contributed by atoms with Gasteiger partial charge in [0.2, 0.25) is 0 Å². The van der Waals surface area contributed by atoms with Gasteiger partial charge in [-0.2, -0.15) is 0 Å². The van der Waals surface area contributed by atoms with Gasteiger partial charge in [-0.15, -0.1) is 11.3 Å². The van der Waals surface area contributed by atoms with Crippen LogP contribution < -0.4 is 5.73 Å². The first-order valence-corrected chi connectivity index (χ1v) is 7.09. The number of aryl methyl sites for hydroxylation is 1. The van der Waals surface area contributed by atoms with Gasteiger partial charge in [0.1, 0.15) is 11.5 Å². The van der Waals surface area contributed by atoms with Crippen LogP contribution in [-0.4, -0.2) is 11.5 Å². The summed E-state index contributed by atoms with van der Waals surface area (Å²) in [5, 5.41) is 3.21. The molecule has 98 valence electrons. The third-order valence-corrected chi connectivity index (χ3v) is 3.84. The molecular formula is C14H20N2OS. The van der Waals surface area contributed by atoms with Crippen molar-refractivity contribution in [1.29, 1.82) is 0 Å². The molecule has 0 amide bonds. The van der Waals surface area contributed by atoms with Crippen LogP contribution in [0.5, 0.6) is 0 Å². The van der Waals surface area contributed by atoms with Gasteiger partial charge in [0, 0.05) is 11.8 Å². The van der Waals surface area contributed by atoms with E-state index >= 15 is 0 Å². The van der Waals surface area contributed by atoms with E-state index in [0.29, 0.717) is 0 Å². The van der Waals surface area contributed by atoms with Crippen molar-refractivity contribution in [3.05, 3.63) is 28.3 Å². The molecule has 0 fully saturated rings. The molecule has 3 nitrogen and oxygen atoms in total. The Morgan fingerprint density at radius 1 is 1.39 bits per heavy atom. The lowest BCUT2D eigenvalue weighted by molar-refractivity contribution is 0.338. The van der Waals surface area contributed by atoms with Crippen LogP contribution in [-0.2, 0) is 6.42 Å². The molecule has 0 unspecified atom stereocenters. The van der Waals surface area contributed by atoms with Crippen molar-refractivity contribution >= 4 is 11.3 Å². The fraction of sp³-hybridized carbons (Fsp3) is 0.500. The molecule has 2 N–H and O–H groups in total. The topological polar surface area (TPSA) is 52.0 Å². The van der Waals surface area contributed by atoms with Gasteiger partial charge in [-0.1, -0.05) is 13.8 Å². The fourth-order valence-corrected chi connectivity index (χ4v) is 3.01. The summed E-state index contributed by atoms with van der Waals surface area (Å²) in [7, 11) is 0. The Morgan fingerprint density at radius 2 is 2.17 bits per heavy atom. The van der Waals surface area contributed by atoms with Gasteiger partial charge in [-0.25, -0.2) is 4.98 Å². The first-order chi connectivity index (χ1) is 8.50. The molecule has 18 heavy (non-hydrogen) atoms. The highest BCUT2D eigenvalue weighted by Gasteiger charge is 2.20. The molecular weight excluding hydrogens is 244 g/mol. The average Bonchev–Trinajstić information content (AvgIpc) is 2.86. The van der Waals surface area contributed by atoms with Crippen LogP contribution in [0.15, 0.2) is 21.9 Å². The summed E-state index contributed by atoms with van der Waals surface area (Å²) in [6.07, 6.45) is 1.98. The molecule has 0 radical (unpaired) electrons. The number of rotatable bonds is 5. The Hall–Kier alpha value is -1.13. The predicted octanol–water partition coefficient (Wildman–Crippen LogP) is 3.63. The average molecular weight is 264 g/mol. The highest BCUT2D eigenvalue weighted by Crippen LogP contribution is 2.30. The van der Waals surface area contributed by atoms with Crippen molar-refractivity contribution in [2.75, 3.05) is 6.54 Å². The first-order valence-electron chi connectivity index (χ1n) is 6.21. The van der Waals surface area contributed by atoms with Crippen molar-refractivity contribution in [2.24, 2.45) is 11.1 Å². The van der Waals surface area contributed by atoms with Gasteiger partial charge in [0.15, 0.2) is 5.76 Å². The van der Waals surface area contributed by atoms with Crippen molar-refractivity contribution < 1.29 is 4.42 Å². The van der Waals surface area contributed by atoms with Crippen LogP contribution in [0, 0.1) is 12.3 Å². The molecule has 2 aromatic heterocycles. The minimum Gasteiger partial charge on any atom is -0.460 e. The second-order valence-corrected chi connectivity index (χ2v) is 6.36. The van der Waals surface area contributed by atoms with E-state index in [1.54, 1.807) is 11.3 Å². The molecule has 0 saturated carbocycles. The summed E-state index contributed by atoms with van der Waals surface area (Å²) in [4.78, 5) is 4.65. The Kier molecular flexibility index (Phi) is 3.88. The summed E-state index contributed by atoms with van der Waals surface area (Å²) >= 11 is 1.69. The molecule has 2 rings (SSSR count). The molecule has 0 bridgehead atoms. The van der Waals surface area contributed by atoms with Gasteiger partial charge in [-0.05, 0) is 37.4 Å². The summed E-state index contributed by atoms with van der Waals surface area (Å²) in [5.74, 6) is 1.77. The second-order valence-electron chi connectivity index (χ2n) is 5.42. The lowest BCUT2D eigenvalue weighted by atomic mass is 9.86. The van der Waals surface area contributed by atoms with Crippen molar-refractivity contribution in [1.82, 2.24) is 4.98 Å². The second kappa shape index (κ2) is 5.24. The predicted molar refractivity (Wildman–Crippen MR) is 75.7 cm³/mol. The molecule has 0 spiro atoms. The molecule has 0 aliphatic rings. The number of hydrogen-bond acceptors (Lipinski definition) is 4. The van der Waals surface area contributed by atoms with Crippen LogP contribution in [0.4, 0.5) is 0 Å². The van der Waals surface area contributed by atoms with Crippen LogP contribution >= 0.6 is 11.3 Å². The van der Waals surface area contributed by atoms with E-state index < -0.39 is 0 Å². The first kappa shape index (κ1) is 13.3. The molecule has 0 saturated heterocycles. The Balaban J connectivity index is 2.11. The Bertz CT molecular complexity index is 513. The molecule has 4 heteroatoms. The van der Waals surface area contributed by atoms with E-state index in [2.05, 4.69) is 24.2 Å². The van der Waals surface area contributed by atoms with Crippen LogP contribution in [0.25, 0.3) is 11.5 Å². The van der Waals surface area contributed by atoms with Gasteiger partial charge in [0.05, 0.1) is 5.01 Å². The minimum atomic E-state index is 0.211. The third kappa shape index (κ3) is 3.21. The number of aromatic nitrogens is 1. The quantitative estimate of drug-likeness (QED) is 0.897. The summed E-state index contributed by atoms with van der Waals surface area (Å²) < 4.78 is 5.58. The van der Waals surface area contributed by atoms with E-state index in [-0.39, 0.29) is 5.41 Å². The molecule has 0 aromatic carbocycles. The van der Waals surface area contributed by atoms with Crippen LogP contribution in [0.3, 0.4) is 0 Å². The van der Waals surface area contributed by atoms with Crippen molar-refractivity contribution in [3.63, 3.8) is 0 Å². The van der Waals surface area contributed by atoms with Gasteiger partial charge >= 0.3 is 0 Å². The number of thiazole rings is 1. The highest BCUT2D eigenvalue weighted by atomic mass is 32.1. The molecule has 2 heterocycles. The Morgan fingerprint density at radius 3 is 2.78 bits per heavy atom. The normalized spacial score (nSPS) is 12.0. The van der Waals surface area contributed by atoms with E-state index in [1.807, 2.05) is 19.1 Å². The molecule has 0 aliphatic carbocycles. The van der Waals surface area contributed by atoms with Gasteiger partial charge < -0.3 is 10.2 Å². The van der Waals surface area contributed by atoms with Crippen LogP contribution in [0.1, 0.15) is 31.0 Å². The van der Waals surface area contributed by atoms with E-state index in [4.69, 9.17) is 10.2 Å². The lowest BCUT2D eigenvalue weighted by Crippen LogP contribution is -2.19. The maximum Gasteiger partial charge on any atom is 0.153 e. The largest absolute Gasteiger partial charge is 0.460 e. The summed E-state index contributed by atoms with van der Waals surface area (Å²) in [5.41, 5.74) is 6.78. The fourth-order valence-electron chi connectivity index (χ4n) is 1.97. The molecule has 2 aromatic rings. The van der Waals surface area contributed by atoms with E-state index in [9.17, 15) is 0 Å². The maximum absolute atomic E-state index is 5.64. The summed E-state index contributed by atoms with van der Waals surface area (Å²) in [6.45, 7) is 7.14. The number of nitrogens with two attached hydrogens (primary N) is 1. The standard InChI is InChI=1S/C14H20N2OS/c1-10-4-5-12(17-10)11-9-18-13(16-11)8-14(2,3)6-7-15/h4-5,9H,6-8,15H2,1-3H3. The molecule has 0 atom stereocenters. The van der Waals surface area contributed by atoms with Crippen molar-refractivity contribution in [2.45, 2.75) is 33.6 Å². The number of nitrogens with zero attached hydrogens (tertiary/aromatic N) is 1. The summed E-state index contributed by atoms with van der Waals surface area (Å²) in [6, 6.07) is 3.94. The van der Waals surface area contributed by atoms with Gasteiger partial charge in [-0.3, -0.25) is 0 Å². The smallest absolute Gasteiger partial charge is 0.153 e. The zero-order chi connectivity index (χ0) is 13.2. The van der Waals surface area contributed by atoms with Crippen molar-refractivity contribution in [3.8, 4) is 11.5 Å². The highest BCUT2D eigenvalue weighted by molar-refractivity contribution is 7.09. The SMILES string of the molecule is Cc1ccc(-c2csc(CC(C)(C)CCN)n2)o1. The maximum atomic E-state index is 5.64. The van der Waals surface area contributed by atoms with E-state index in [0.717, 1.165) is 41.6 Å². The monoisotopic (exact) mass is 264 g/mol. The van der Waals surface area contributed by atoms with Crippen LogP contribution in [0.2, 0.25) is 0 Å². The van der Waals surface area contributed by atoms with E-state index in [1.165, 1.54) is 0 Å². The molecule has 0 aliphatic heterocycles. The Labute approximate surface area is 112 Å². The van der Waals surface area contributed by atoms with Gasteiger partial charge in [0.25, 0.3) is 0 Å². The lowest BCUT2D eigenvalue weighted by Gasteiger charge is -2.22. The zero-order valence-corrected chi connectivity index (χ0v) is 12.0. The third-order valence-electron chi connectivity index (χ3n) is 3.00. The zero-order valence-electron chi connectivity index (χ0n) is 11.2. The number of furan rings is 1. The number of hydrogen-bond donors (Lipinski definition) is 1. The minimum absolute atomic E-state index is 0.211.